The van der Waals surface area contributed by atoms with Gasteiger partial charge in [-0.05, 0) is 30.2 Å². The van der Waals surface area contributed by atoms with Gasteiger partial charge in [0.05, 0.1) is 18.3 Å². The summed E-state index contributed by atoms with van der Waals surface area (Å²) < 4.78 is 5.79. The van der Waals surface area contributed by atoms with Crippen LogP contribution in [0.4, 0.5) is 0 Å². The molecule has 1 aliphatic carbocycles. The quantitative estimate of drug-likeness (QED) is 0.810. The lowest BCUT2D eigenvalue weighted by Crippen LogP contribution is -2.47. The predicted octanol–water partition coefficient (Wildman–Crippen LogP) is 2.35. The Labute approximate surface area is 136 Å². The topological polar surface area (TPSA) is 69.9 Å². The second-order valence-electron chi connectivity index (χ2n) is 6.64. The molecule has 2 aromatic rings. The molecule has 0 heterocycles. The Morgan fingerprint density at radius 2 is 1.70 bits per heavy atom. The molecule has 3 rings (SSSR count). The van der Waals surface area contributed by atoms with Crippen molar-refractivity contribution in [3.8, 4) is 5.75 Å². The Hall–Kier alpha value is -1.62. The van der Waals surface area contributed by atoms with E-state index in [0.29, 0.717) is 18.6 Å². The van der Waals surface area contributed by atoms with Crippen molar-refractivity contribution in [2.24, 2.45) is 11.8 Å². The molecule has 2 aromatic carbocycles. The molecule has 1 fully saturated rings. The maximum Gasteiger partial charge on any atom is 0.127 e. The van der Waals surface area contributed by atoms with Crippen molar-refractivity contribution in [3.05, 3.63) is 42.5 Å². The Kier molecular flexibility index (Phi) is 4.85. The van der Waals surface area contributed by atoms with Crippen LogP contribution in [0.2, 0.25) is 0 Å². The molecule has 0 aromatic heterocycles. The largest absolute Gasteiger partial charge is 0.490 e. The molecule has 5 atom stereocenters. The minimum Gasteiger partial charge on any atom is -0.490 e. The highest BCUT2D eigenvalue weighted by atomic mass is 16.5. The summed E-state index contributed by atoms with van der Waals surface area (Å²) in [6.07, 6.45) is -1.08. The van der Waals surface area contributed by atoms with Gasteiger partial charge >= 0.3 is 0 Å². The van der Waals surface area contributed by atoms with Crippen LogP contribution >= 0.6 is 0 Å². The third-order valence-electron chi connectivity index (χ3n) is 4.78. The summed E-state index contributed by atoms with van der Waals surface area (Å²) in [7, 11) is 0. The van der Waals surface area contributed by atoms with Gasteiger partial charge in [0, 0.05) is 11.3 Å². The Morgan fingerprint density at radius 1 is 1.04 bits per heavy atom. The van der Waals surface area contributed by atoms with Gasteiger partial charge in [-0.1, -0.05) is 43.3 Å². The summed E-state index contributed by atoms with van der Waals surface area (Å²) in [4.78, 5) is 0. The SMILES string of the molecule is CC1C[C@@H](O)C([C@H](O)COc2cccc3ccccc23)[C@@H](O)C1. The van der Waals surface area contributed by atoms with Gasteiger partial charge in [0.2, 0.25) is 0 Å². The molecule has 1 aliphatic rings. The molecule has 0 saturated heterocycles. The highest BCUT2D eigenvalue weighted by Crippen LogP contribution is 2.32. The molecule has 3 N–H and O–H groups in total. The molecule has 124 valence electrons. The van der Waals surface area contributed by atoms with Gasteiger partial charge in [0.1, 0.15) is 12.4 Å². The summed E-state index contributed by atoms with van der Waals surface area (Å²) in [6.45, 7) is 2.06. The standard InChI is InChI=1S/C19H24O4/c1-12-9-15(20)19(16(21)10-12)17(22)11-23-18-8-4-6-13-5-2-3-7-14(13)18/h2-8,12,15-17,19-22H,9-11H2,1H3/t12?,15-,16+,17-,19?/m1/s1. The van der Waals surface area contributed by atoms with Crippen LogP contribution in [0, 0.1) is 11.8 Å². The lowest BCUT2D eigenvalue weighted by molar-refractivity contribution is -0.103. The zero-order valence-electron chi connectivity index (χ0n) is 13.3. The van der Waals surface area contributed by atoms with E-state index in [1.165, 1.54) is 0 Å². The molecule has 0 bridgehead atoms. The van der Waals surface area contributed by atoms with E-state index in [0.717, 1.165) is 10.8 Å². The van der Waals surface area contributed by atoms with Crippen LogP contribution in [0.25, 0.3) is 10.8 Å². The minimum absolute atomic E-state index is 0.0567. The lowest BCUT2D eigenvalue weighted by Gasteiger charge is -2.38. The van der Waals surface area contributed by atoms with Crippen molar-refractivity contribution >= 4 is 10.8 Å². The van der Waals surface area contributed by atoms with Crippen LogP contribution < -0.4 is 4.74 Å². The molecule has 0 amide bonds. The van der Waals surface area contributed by atoms with Crippen LogP contribution in [0.1, 0.15) is 19.8 Å². The molecular formula is C19H24O4. The normalized spacial score (nSPS) is 29.4. The maximum atomic E-state index is 10.4. The number of aliphatic hydroxyl groups excluding tert-OH is 3. The third-order valence-corrected chi connectivity index (χ3v) is 4.78. The van der Waals surface area contributed by atoms with E-state index in [1.807, 2.05) is 49.4 Å². The number of hydrogen-bond acceptors (Lipinski definition) is 4. The van der Waals surface area contributed by atoms with Crippen LogP contribution in [0.3, 0.4) is 0 Å². The molecule has 0 aliphatic heterocycles. The van der Waals surface area contributed by atoms with E-state index in [4.69, 9.17) is 4.74 Å². The lowest BCUT2D eigenvalue weighted by atomic mass is 9.76. The summed E-state index contributed by atoms with van der Waals surface area (Å²) in [5, 5.41) is 32.8. The first-order valence-corrected chi connectivity index (χ1v) is 8.21. The zero-order valence-corrected chi connectivity index (χ0v) is 13.3. The van der Waals surface area contributed by atoms with Crippen molar-refractivity contribution < 1.29 is 20.1 Å². The van der Waals surface area contributed by atoms with Crippen molar-refractivity contribution in [2.45, 2.75) is 38.1 Å². The monoisotopic (exact) mass is 316 g/mol. The van der Waals surface area contributed by atoms with Gasteiger partial charge in [-0.25, -0.2) is 0 Å². The average Bonchev–Trinajstić information content (AvgIpc) is 2.52. The van der Waals surface area contributed by atoms with Crippen LogP contribution in [-0.2, 0) is 0 Å². The van der Waals surface area contributed by atoms with Gasteiger partial charge in [0.15, 0.2) is 0 Å². The van der Waals surface area contributed by atoms with Crippen LogP contribution in [0.5, 0.6) is 5.75 Å². The first-order chi connectivity index (χ1) is 11.1. The summed E-state index contributed by atoms with van der Waals surface area (Å²) in [5.74, 6) is 0.416. The molecule has 23 heavy (non-hydrogen) atoms. The first-order valence-electron chi connectivity index (χ1n) is 8.21. The second kappa shape index (κ2) is 6.87. The van der Waals surface area contributed by atoms with Gasteiger partial charge in [-0.15, -0.1) is 0 Å². The third kappa shape index (κ3) is 3.50. The molecular weight excluding hydrogens is 292 g/mol. The Morgan fingerprint density at radius 3 is 2.43 bits per heavy atom. The molecule has 0 radical (unpaired) electrons. The highest BCUT2D eigenvalue weighted by Gasteiger charge is 2.39. The summed E-state index contributed by atoms with van der Waals surface area (Å²) >= 11 is 0. The fourth-order valence-corrected chi connectivity index (χ4v) is 3.61. The minimum atomic E-state index is -0.897. The van der Waals surface area contributed by atoms with E-state index in [9.17, 15) is 15.3 Å². The van der Waals surface area contributed by atoms with Crippen molar-refractivity contribution in [2.75, 3.05) is 6.61 Å². The Bertz CT molecular complexity index is 639. The number of fused-ring (bicyclic) bond motifs is 1. The second-order valence-corrected chi connectivity index (χ2v) is 6.64. The van der Waals surface area contributed by atoms with E-state index in [2.05, 4.69) is 0 Å². The number of benzene rings is 2. The molecule has 0 spiro atoms. The summed E-state index contributed by atoms with van der Waals surface area (Å²) in [6, 6.07) is 13.7. The molecule has 2 unspecified atom stereocenters. The highest BCUT2D eigenvalue weighted by molar-refractivity contribution is 5.88. The van der Waals surface area contributed by atoms with Gasteiger partial charge in [0.25, 0.3) is 0 Å². The summed E-state index contributed by atoms with van der Waals surface area (Å²) in [5.41, 5.74) is 0. The molecule has 4 nitrogen and oxygen atoms in total. The maximum absolute atomic E-state index is 10.4. The van der Waals surface area contributed by atoms with Gasteiger partial charge in [-0.2, -0.15) is 0 Å². The van der Waals surface area contributed by atoms with Crippen molar-refractivity contribution in [1.82, 2.24) is 0 Å². The van der Waals surface area contributed by atoms with Crippen molar-refractivity contribution in [1.29, 1.82) is 0 Å². The smallest absolute Gasteiger partial charge is 0.127 e. The molecule has 1 saturated carbocycles. The fourth-order valence-electron chi connectivity index (χ4n) is 3.61. The number of ether oxygens (including phenoxy) is 1. The van der Waals surface area contributed by atoms with Crippen molar-refractivity contribution in [3.63, 3.8) is 0 Å². The van der Waals surface area contributed by atoms with E-state index in [-0.39, 0.29) is 12.5 Å². The van der Waals surface area contributed by atoms with E-state index >= 15 is 0 Å². The fraction of sp³-hybridized carbons (Fsp3) is 0.474. The number of hydrogen-bond donors (Lipinski definition) is 3. The molecule has 4 heteroatoms. The number of rotatable bonds is 4. The zero-order chi connectivity index (χ0) is 16.4. The Balaban J connectivity index is 1.69. The predicted molar refractivity (Wildman–Crippen MR) is 89.4 cm³/mol. The van der Waals surface area contributed by atoms with Gasteiger partial charge < -0.3 is 20.1 Å². The first kappa shape index (κ1) is 16.2. The van der Waals surface area contributed by atoms with E-state index < -0.39 is 24.2 Å². The van der Waals surface area contributed by atoms with Crippen LogP contribution in [-0.4, -0.2) is 40.2 Å². The van der Waals surface area contributed by atoms with Gasteiger partial charge in [-0.3, -0.25) is 0 Å². The average molecular weight is 316 g/mol. The van der Waals surface area contributed by atoms with E-state index in [1.54, 1.807) is 0 Å². The number of aliphatic hydroxyl groups is 3. The van der Waals surface area contributed by atoms with Crippen LogP contribution in [0.15, 0.2) is 42.5 Å².